The van der Waals surface area contributed by atoms with Crippen LogP contribution in [0.1, 0.15) is 19.7 Å². The van der Waals surface area contributed by atoms with Crippen LogP contribution in [0.2, 0.25) is 5.28 Å². The second-order valence-electron chi connectivity index (χ2n) is 3.98. The van der Waals surface area contributed by atoms with Crippen molar-refractivity contribution >= 4 is 28.6 Å². The van der Waals surface area contributed by atoms with Crippen LogP contribution < -0.4 is 5.32 Å². The highest BCUT2D eigenvalue weighted by molar-refractivity contribution is 6.28. The molecule has 0 bridgehead atoms. The fraction of sp³-hybridized carbons (Fsp3) is 0.500. The van der Waals surface area contributed by atoms with Gasteiger partial charge in [0, 0.05) is 6.42 Å². The van der Waals surface area contributed by atoms with Gasteiger partial charge in [0.05, 0.1) is 0 Å². The molecule has 0 radical (unpaired) electrons. The van der Waals surface area contributed by atoms with Crippen LogP contribution in [-0.4, -0.2) is 32.2 Å². The molecule has 9 heteroatoms. The van der Waals surface area contributed by atoms with Gasteiger partial charge in [-0.15, -0.1) is 0 Å². The summed E-state index contributed by atoms with van der Waals surface area (Å²) in [7, 11) is 0. The second kappa shape index (κ2) is 4.84. The maximum Gasteiger partial charge on any atom is 0.408 e. The molecule has 104 valence electrons. The third-order valence-corrected chi connectivity index (χ3v) is 2.71. The van der Waals surface area contributed by atoms with E-state index in [1.165, 1.54) is 0 Å². The fourth-order valence-corrected chi connectivity index (χ4v) is 1.64. The van der Waals surface area contributed by atoms with Gasteiger partial charge >= 0.3 is 6.18 Å². The van der Waals surface area contributed by atoms with E-state index in [9.17, 15) is 13.2 Å². The van der Waals surface area contributed by atoms with Crippen molar-refractivity contribution in [1.82, 2.24) is 19.9 Å². The van der Waals surface area contributed by atoms with E-state index in [1.54, 1.807) is 0 Å². The molecule has 1 unspecified atom stereocenters. The zero-order chi connectivity index (χ0) is 14.2. The van der Waals surface area contributed by atoms with Crippen molar-refractivity contribution in [3.8, 4) is 0 Å². The summed E-state index contributed by atoms with van der Waals surface area (Å²) in [5, 5.41) is 2.12. The van der Waals surface area contributed by atoms with Crippen LogP contribution in [0.4, 0.5) is 19.0 Å². The highest BCUT2D eigenvalue weighted by Gasteiger charge is 2.36. The van der Waals surface area contributed by atoms with E-state index in [1.807, 2.05) is 6.92 Å². The first-order valence-electron chi connectivity index (χ1n) is 5.56. The third-order valence-electron chi connectivity index (χ3n) is 2.55. The van der Waals surface area contributed by atoms with Gasteiger partial charge in [-0.05, 0) is 18.5 Å². The van der Waals surface area contributed by atoms with Crippen LogP contribution in [0.15, 0.2) is 0 Å². The molecule has 0 aliphatic heterocycles. The number of imidazole rings is 1. The molecule has 19 heavy (non-hydrogen) atoms. The Kier molecular flexibility index (Phi) is 3.53. The first kappa shape index (κ1) is 13.9. The number of alkyl halides is 3. The highest BCUT2D eigenvalue weighted by Crippen LogP contribution is 2.26. The van der Waals surface area contributed by atoms with E-state index in [-0.39, 0.29) is 16.6 Å². The number of aryl methyl sites for hydroxylation is 1. The number of H-pyrrole nitrogens is 1. The number of hydrogen-bond acceptors (Lipinski definition) is 4. The zero-order valence-electron chi connectivity index (χ0n) is 10.1. The molecule has 0 aliphatic rings. The molecule has 5 nitrogen and oxygen atoms in total. The van der Waals surface area contributed by atoms with Crippen molar-refractivity contribution < 1.29 is 13.2 Å². The largest absolute Gasteiger partial charge is 0.408 e. The lowest BCUT2D eigenvalue weighted by molar-refractivity contribution is -0.138. The Bertz CT molecular complexity index is 595. The molecule has 2 heterocycles. The van der Waals surface area contributed by atoms with Gasteiger partial charge in [0.2, 0.25) is 5.28 Å². The first-order valence-corrected chi connectivity index (χ1v) is 5.94. The number of aromatic nitrogens is 4. The summed E-state index contributed by atoms with van der Waals surface area (Å²) in [6, 6.07) is -1.76. The van der Waals surface area contributed by atoms with Gasteiger partial charge in [-0.25, -0.2) is 4.98 Å². The Balaban J connectivity index is 2.44. The monoisotopic (exact) mass is 293 g/mol. The zero-order valence-corrected chi connectivity index (χ0v) is 10.9. The highest BCUT2D eigenvalue weighted by atomic mass is 35.5. The van der Waals surface area contributed by atoms with Crippen LogP contribution in [0.5, 0.6) is 0 Å². The van der Waals surface area contributed by atoms with Crippen molar-refractivity contribution in [3.05, 3.63) is 11.1 Å². The molecule has 2 aromatic heterocycles. The van der Waals surface area contributed by atoms with Gasteiger partial charge in [0.25, 0.3) is 0 Å². The van der Waals surface area contributed by atoms with E-state index in [0.29, 0.717) is 17.9 Å². The van der Waals surface area contributed by atoms with Crippen molar-refractivity contribution in [2.24, 2.45) is 0 Å². The second-order valence-corrected chi connectivity index (χ2v) is 4.32. The number of rotatable bonds is 3. The van der Waals surface area contributed by atoms with E-state index in [4.69, 9.17) is 11.6 Å². The number of hydrogen-bond donors (Lipinski definition) is 2. The van der Waals surface area contributed by atoms with Crippen molar-refractivity contribution in [2.75, 3.05) is 5.32 Å². The molecule has 0 saturated heterocycles. The van der Waals surface area contributed by atoms with Gasteiger partial charge in [-0.3, -0.25) is 0 Å². The first-order chi connectivity index (χ1) is 8.81. The predicted molar refractivity (Wildman–Crippen MR) is 65.2 cm³/mol. The third kappa shape index (κ3) is 2.89. The maximum absolute atomic E-state index is 12.5. The molecule has 0 fully saturated rings. The normalized spacial score (nSPS) is 13.8. The molecule has 0 aromatic carbocycles. The van der Waals surface area contributed by atoms with E-state index < -0.39 is 12.2 Å². The Morgan fingerprint density at radius 3 is 2.58 bits per heavy atom. The number of nitrogens with one attached hydrogen (secondary N) is 2. The summed E-state index contributed by atoms with van der Waals surface area (Å²) in [6.07, 6.45) is -3.78. The van der Waals surface area contributed by atoms with Gasteiger partial charge in [-0.1, -0.05) is 6.92 Å². The minimum absolute atomic E-state index is 0.0317. The summed E-state index contributed by atoms with van der Waals surface area (Å²) >= 11 is 5.68. The van der Waals surface area contributed by atoms with Crippen LogP contribution in [0.3, 0.4) is 0 Å². The predicted octanol–water partition coefficient (Wildman–Crippen LogP) is 2.93. The topological polar surface area (TPSA) is 66.5 Å². The van der Waals surface area contributed by atoms with Gasteiger partial charge < -0.3 is 10.3 Å². The summed E-state index contributed by atoms with van der Waals surface area (Å²) in [5.41, 5.74) is 0.561. The standard InChI is InChI=1S/C10H11ClF3N5/c1-3-5-16-6-7(15-4(2)10(12,13)14)18-9(11)19-8(6)17-5/h4H,3H2,1-2H3,(H2,15,16,17,18,19). The van der Waals surface area contributed by atoms with Crippen LogP contribution in [0.25, 0.3) is 11.2 Å². The molecule has 2 N–H and O–H groups in total. The number of anilines is 1. The minimum Gasteiger partial charge on any atom is -0.357 e. The fourth-order valence-electron chi connectivity index (χ4n) is 1.48. The van der Waals surface area contributed by atoms with Gasteiger partial charge in [-0.2, -0.15) is 23.1 Å². The Labute approximate surface area is 111 Å². The van der Waals surface area contributed by atoms with Crippen molar-refractivity contribution in [3.63, 3.8) is 0 Å². The number of aromatic amines is 1. The molecule has 2 rings (SSSR count). The van der Waals surface area contributed by atoms with Crippen molar-refractivity contribution in [2.45, 2.75) is 32.5 Å². The molecular weight excluding hydrogens is 283 g/mol. The van der Waals surface area contributed by atoms with E-state index in [0.717, 1.165) is 6.92 Å². The summed E-state index contributed by atoms with van der Waals surface area (Å²) in [4.78, 5) is 14.7. The molecule has 2 aromatic rings. The average Bonchev–Trinajstić information content (AvgIpc) is 2.70. The molecule has 1 atom stereocenters. The molecular formula is C10H11ClF3N5. The molecule has 0 amide bonds. The summed E-state index contributed by atoms with van der Waals surface area (Å²) in [5.74, 6) is 0.574. The van der Waals surface area contributed by atoms with Crippen LogP contribution in [-0.2, 0) is 6.42 Å². The lowest BCUT2D eigenvalue weighted by Crippen LogP contribution is -2.33. The average molecular weight is 294 g/mol. The van der Waals surface area contributed by atoms with Crippen molar-refractivity contribution in [1.29, 1.82) is 0 Å². The van der Waals surface area contributed by atoms with Crippen LogP contribution in [0, 0.1) is 0 Å². The Hall–Kier alpha value is -1.57. The van der Waals surface area contributed by atoms with Gasteiger partial charge in [0.15, 0.2) is 17.0 Å². The Morgan fingerprint density at radius 2 is 2.00 bits per heavy atom. The lowest BCUT2D eigenvalue weighted by atomic mass is 10.3. The van der Waals surface area contributed by atoms with E-state index in [2.05, 4.69) is 25.3 Å². The maximum atomic E-state index is 12.5. The molecule has 0 aliphatic carbocycles. The summed E-state index contributed by atoms with van der Waals surface area (Å²) < 4.78 is 37.6. The summed E-state index contributed by atoms with van der Waals surface area (Å²) in [6.45, 7) is 2.85. The quantitative estimate of drug-likeness (QED) is 0.854. The van der Waals surface area contributed by atoms with Crippen LogP contribution >= 0.6 is 11.6 Å². The lowest BCUT2D eigenvalue weighted by Gasteiger charge is -2.17. The van der Waals surface area contributed by atoms with E-state index >= 15 is 0 Å². The smallest absolute Gasteiger partial charge is 0.357 e. The molecule has 0 saturated carbocycles. The SMILES string of the molecule is CCc1nc2c(NC(C)C(F)(F)F)nc(Cl)nc2[nH]1. The number of halogens is 4. The minimum atomic E-state index is -4.38. The molecule has 0 spiro atoms. The Morgan fingerprint density at radius 1 is 1.32 bits per heavy atom. The van der Waals surface area contributed by atoms with Gasteiger partial charge in [0.1, 0.15) is 11.9 Å². The number of fused-ring (bicyclic) bond motifs is 1. The number of nitrogens with zero attached hydrogens (tertiary/aromatic N) is 3.